The van der Waals surface area contributed by atoms with Crippen molar-refractivity contribution in [3.05, 3.63) is 41.0 Å². The van der Waals surface area contributed by atoms with Gasteiger partial charge in [-0.05, 0) is 37.3 Å². The van der Waals surface area contributed by atoms with E-state index in [4.69, 9.17) is 16.0 Å². The highest BCUT2D eigenvalue weighted by atomic mass is 35.5. The van der Waals surface area contributed by atoms with E-state index in [-0.39, 0.29) is 11.9 Å². The van der Waals surface area contributed by atoms with E-state index in [1.807, 2.05) is 37.3 Å². The van der Waals surface area contributed by atoms with E-state index < -0.39 is 0 Å². The minimum Gasteiger partial charge on any atom is -0.401 e. The van der Waals surface area contributed by atoms with Gasteiger partial charge in [0.2, 0.25) is 5.91 Å². The molecule has 1 amide bonds. The first-order valence-electron chi connectivity index (χ1n) is 7.54. The number of nitrogens with one attached hydrogen (secondary N) is 1. The van der Waals surface area contributed by atoms with E-state index in [1.54, 1.807) is 23.5 Å². The molecular formula is C16H16ClN5O2S. The lowest BCUT2D eigenvalue weighted by Gasteiger charge is -2.02. The van der Waals surface area contributed by atoms with Crippen molar-refractivity contribution >= 4 is 35.3 Å². The molecular weight excluding hydrogens is 362 g/mol. The van der Waals surface area contributed by atoms with Crippen LogP contribution in [0.3, 0.4) is 0 Å². The zero-order chi connectivity index (χ0) is 17.8. The van der Waals surface area contributed by atoms with Gasteiger partial charge in [-0.1, -0.05) is 16.7 Å². The number of hydrogen-bond donors (Lipinski definition) is 1. The molecule has 0 saturated heterocycles. The van der Waals surface area contributed by atoms with Crippen molar-refractivity contribution in [3.8, 4) is 11.6 Å². The number of aryl methyl sites for hydroxylation is 2. The Morgan fingerprint density at radius 3 is 2.76 bits per heavy atom. The number of halogens is 1. The quantitative estimate of drug-likeness (QED) is 0.661. The topological polar surface area (TPSA) is 85.8 Å². The first kappa shape index (κ1) is 17.5. The minimum atomic E-state index is -0.183. The summed E-state index contributed by atoms with van der Waals surface area (Å²) in [4.78, 5) is 13.0. The normalized spacial score (nSPS) is 10.8. The molecule has 25 heavy (non-hydrogen) atoms. The summed E-state index contributed by atoms with van der Waals surface area (Å²) in [5.74, 6) is 0.766. The lowest BCUT2D eigenvalue weighted by atomic mass is 10.4. The zero-order valence-electron chi connectivity index (χ0n) is 13.7. The maximum absolute atomic E-state index is 12.0. The van der Waals surface area contributed by atoms with Crippen LogP contribution >= 0.6 is 23.4 Å². The van der Waals surface area contributed by atoms with Crippen LogP contribution in [-0.4, -0.2) is 31.6 Å². The van der Waals surface area contributed by atoms with Crippen molar-refractivity contribution in [2.45, 2.75) is 18.2 Å². The van der Waals surface area contributed by atoms with E-state index in [0.29, 0.717) is 28.8 Å². The molecule has 0 saturated carbocycles. The van der Waals surface area contributed by atoms with E-state index in [1.165, 1.54) is 0 Å². The molecule has 0 aliphatic heterocycles. The fourth-order valence-electron chi connectivity index (χ4n) is 2.16. The lowest BCUT2D eigenvalue weighted by Crippen LogP contribution is -2.12. The van der Waals surface area contributed by atoms with Crippen molar-refractivity contribution in [2.75, 3.05) is 11.1 Å². The Kier molecular flexibility index (Phi) is 5.40. The number of carbonyl (C=O) groups excluding carboxylic acids is 1. The highest BCUT2D eigenvalue weighted by Gasteiger charge is 2.14. The molecule has 2 aromatic heterocycles. The fraction of sp³-hybridized carbons (Fsp3) is 0.250. The van der Waals surface area contributed by atoms with Crippen LogP contribution in [-0.2, 0) is 11.8 Å². The molecule has 1 N–H and O–H groups in total. The Bertz CT molecular complexity index is 875. The summed E-state index contributed by atoms with van der Waals surface area (Å²) in [6, 6.07) is 9.40. The highest BCUT2D eigenvalue weighted by Crippen LogP contribution is 2.22. The van der Waals surface area contributed by atoms with Gasteiger partial charge >= 0.3 is 6.01 Å². The van der Waals surface area contributed by atoms with E-state index in [0.717, 1.165) is 10.6 Å². The van der Waals surface area contributed by atoms with Crippen molar-refractivity contribution in [2.24, 2.45) is 7.05 Å². The SMILES string of the molecule is Cc1cc(-c2nnc(NC(=O)CCSc3ccc(Cl)cc3)o2)n(C)n1. The van der Waals surface area contributed by atoms with Gasteiger partial charge < -0.3 is 4.42 Å². The predicted octanol–water partition coefficient (Wildman–Crippen LogP) is 3.55. The van der Waals surface area contributed by atoms with Gasteiger partial charge in [0.05, 0.1) is 5.69 Å². The minimum absolute atomic E-state index is 0.0790. The molecule has 0 bridgehead atoms. The Morgan fingerprint density at radius 2 is 2.08 bits per heavy atom. The molecule has 7 nitrogen and oxygen atoms in total. The lowest BCUT2D eigenvalue weighted by molar-refractivity contribution is -0.115. The van der Waals surface area contributed by atoms with Crippen LogP contribution in [0.1, 0.15) is 12.1 Å². The maximum Gasteiger partial charge on any atom is 0.322 e. The Labute approximate surface area is 153 Å². The highest BCUT2D eigenvalue weighted by molar-refractivity contribution is 7.99. The number of carbonyl (C=O) groups is 1. The molecule has 0 fully saturated rings. The van der Waals surface area contributed by atoms with Crippen molar-refractivity contribution in [1.82, 2.24) is 20.0 Å². The molecule has 0 aliphatic carbocycles. The molecule has 2 heterocycles. The van der Waals surface area contributed by atoms with Gasteiger partial charge in [-0.25, -0.2) is 0 Å². The van der Waals surface area contributed by atoms with Crippen LogP contribution in [0, 0.1) is 6.92 Å². The Morgan fingerprint density at radius 1 is 1.32 bits per heavy atom. The summed E-state index contributed by atoms with van der Waals surface area (Å²) >= 11 is 7.42. The van der Waals surface area contributed by atoms with Crippen LogP contribution in [0.5, 0.6) is 0 Å². The van der Waals surface area contributed by atoms with Gasteiger partial charge in [0.1, 0.15) is 5.69 Å². The number of rotatable bonds is 6. The summed E-state index contributed by atoms with van der Waals surface area (Å²) in [6.07, 6.45) is 0.329. The Hall–Kier alpha value is -2.32. The van der Waals surface area contributed by atoms with Crippen molar-refractivity contribution in [3.63, 3.8) is 0 Å². The number of amides is 1. The Balaban J connectivity index is 1.51. The number of thioether (sulfide) groups is 1. The molecule has 0 radical (unpaired) electrons. The number of aromatic nitrogens is 4. The van der Waals surface area contributed by atoms with Crippen LogP contribution in [0.25, 0.3) is 11.6 Å². The van der Waals surface area contributed by atoms with E-state index in [2.05, 4.69) is 20.6 Å². The summed E-state index contributed by atoms with van der Waals surface area (Å²) in [7, 11) is 1.79. The number of anilines is 1. The number of benzene rings is 1. The van der Waals surface area contributed by atoms with Crippen molar-refractivity contribution < 1.29 is 9.21 Å². The smallest absolute Gasteiger partial charge is 0.322 e. The maximum atomic E-state index is 12.0. The second-order valence-corrected chi connectivity index (χ2v) is 6.91. The first-order chi connectivity index (χ1) is 12.0. The molecule has 3 rings (SSSR count). The second-order valence-electron chi connectivity index (χ2n) is 5.31. The number of hydrogen-bond acceptors (Lipinski definition) is 6. The van der Waals surface area contributed by atoms with Gasteiger partial charge in [0, 0.05) is 29.1 Å². The average Bonchev–Trinajstić information content (AvgIpc) is 3.15. The zero-order valence-corrected chi connectivity index (χ0v) is 15.3. The molecule has 0 atom stereocenters. The molecule has 9 heteroatoms. The van der Waals surface area contributed by atoms with Crippen molar-refractivity contribution in [1.29, 1.82) is 0 Å². The summed E-state index contributed by atoms with van der Waals surface area (Å²) in [5, 5.41) is 15.3. The largest absolute Gasteiger partial charge is 0.401 e. The second kappa shape index (κ2) is 7.71. The fourth-order valence-corrected chi connectivity index (χ4v) is 3.14. The van der Waals surface area contributed by atoms with Gasteiger partial charge in [0.15, 0.2) is 0 Å². The third-order valence-corrected chi connectivity index (χ3v) is 4.57. The molecule has 3 aromatic rings. The standard InChI is InChI=1S/C16H16ClN5O2S/c1-10-9-13(22(2)21-10)15-19-20-16(24-15)18-14(23)7-8-25-12-5-3-11(17)4-6-12/h3-6,9H,7-8H2,1-2H3,(H,18,20,23). The molecule has 0 spiro atoms. The number of nitrogens with zero attached hydrogens (tertiary/aromatic N) is 4. The van der Waals surface area contributed by atoms with Crippen LogP contribution < -0.4 is 5.32 Å². The molecule has 0 aliphatic rings. The van der Waals surface area contributed by atoms with Crippen LogP contribution in [0.4, 0.5) is 6.01 Å². The molecule has 130 valence electrons. The van der Waals surface area contributed by atoms with E-state index in [9.17, 15) is 4.79 Å². The molecule has 0 unspecified atom stereocenters. The van der Waals surface area contributed by atoms with Crippen LogP contribution in [0.15, 0.2) is 39.6 Å². The van der Waals surface area contributed by atoms with E-state index >= 15 is 0 Å². The van der Waals surface area contributed by atoms with Gasteiger partial charge in [0.25, 0.3) is 5.89 Å². The summed E-state index contributed by atoms with van der Waals surface area (Å²) in [5.41, 5.74) is 1.55. The average molecular weight is 378 g/mol. The monoisotopic (exact) mass is 377 g/mol. The summed E-state index contributed by atoms with van der Waals surface area (Å²) in [6.45, 7) is 1.88. The first-order valence-corrected chi connectivity index (χ1v) is 8.90. The predicted molar refractivity (Wildman–Crippen MR) is 96.7 cm³/mol. The van der Waals surface area contributed by atoms with Crippen LogP contribution in [0.2, 0.25) is 5.02 Å². The summed E-state index contributed by atoms with van der Waals surface area (Å²) < 4.78 is 7.13. The third kappa shape index (κ3) is 4.61. The molecule has 1 aromatic carbocycles. The van der Waals surface area contributed by atoms with Gasteiger partial charge in [-0.3, -0.25) is 14.8 Å². The van der Waals surface area contributed by atoms with Gasteiger partial charge in [-0.2, -0.15) is 5.10 Å². The van der Waals surface area contributed by atoms with Gasteiger partial charge in [-0.15, -0.1) is 16.9 Å². The third-order valence-electron chi connectivity index (χ3n) is 3.30.